The molecule has 0 aliphatic rings. The van der Waals surface area contributed by atoms with Crippen LogP contribution in [-0.4, -0.2) is 33.4 Å². The van der Waals surface area contributed by atoms with Gasteiger partial charge in [0.15, 0.2) is 5.16 Å². The van der Waals surface area contributed by atoms with E-state index >= 15 is 0 Å². The first-order valence-electron chi connectivity index (χ1n) is 6.68. The highest BCUT2D eigenvalue weighted by Gasteiger charge is 2.09. The molecule has 22 heavy (non-hydrogen) atoms. The maximum Gasteiger partial charge on any atom is 0.273 e. The van der Waals surface area contributed by atoms with Crippen LogP contribution >= 0.6 is 11.8 Å². The molecular formula is C14H16N4O3S. The lowest BCUT2D eigenvalue weighted by atomic mass is 10.3. The molecule has 0 bridgehead atoms. The summed E-state index contributed by atoms with van der Waals surface area (Å²) >= 11 is 1.11. The van der Waals surface area contributed by atoms with Crippen molar-refractivity contribution in [2.75, 3.05) is 17.7 Å². The highest BCUT2D eigenvalue weighted by Crippen LogP contribution is 2.24. The summed E-state index contributed by atoms with van der Waals surface area (Å²) in [6.07, 6.45) is 0. The van der Waals surface area contributed by atoms with Gasteiger partial charge in [0.25, 0.3) is 5.56 Å². The molecule has 0 aliphatic heterocycles. The number of aromatic nitrogens is 3. The van der Waals surface area contributed by atoms with Crippen molar-refractivity contribution in [2.45, 2.75) is 19.0 Å². The van der Waals surface area contributed by atoms with Gasteiger partial charge in [0.2, 0.25) is 5.91 Å². The maximum atomic E-state index is 12.0. The number of anilines is 1. The Kier molecular flexibility index (Phi) is 5.54. The molecule has 1 aromatic heterocycles. The molecule has 1 amide bonds. The van der Waals surface area contributed by atoms with Gasteiger partial charge in [-0.3, -0.25) is 14.6 Å². The van der Waals surface area contributed by atoms with Crippen molar-refractivity contribution in [2.24, 2.45) is 0 Å². The summed E-state index contributed by atoms with van der Waals surface area (Å²) < 4.78 is 5.44. The highest BCUT2D eigenvalue weighted by atomic mass is 32.2. The summed E-state index contributed by atoms with van der Waals surface area (Å²) in [6, 6.07) is 7.20. The van der Waals surface area contributed by atoms with Gasteiger partial charge in [-0.15, -0.1) is 10.2 Å². The predicted molar refractivity (Wildman–Crippen MR) is 84.4 cm³/mol. The molecule has 2 aromatic rings. The fraction of sp³-hybridized carbons (Fsp3) is 0.286. The number of H-pyrrole nitrogens is 1. The van der Waals surface area contributed by atoms with Gasteiger partial charge in [-0.2, -0.15) is 0 Å². The summed E-state index contributed by atoms with van der Waals surface area (Å²) in [7, 11) is 0. The fourth-order valence-electron chi connectivity index (χ4n) is 1.61. The maximum absolute atomic E-state index is 12.0. The SMILES string of the molecule is CCOc1ccccc1NC(=O)CSc1nnc(C)c(=O)[nH]1. The third kappa shape index (κ3) is 4.32. The van der Waals surface area contributed by atoms with Crippen LogP contribution < -0.4 is 15.6 Å². The van der Waals surface area contributed by atoms with Gasteiger partial charge in [-0.1, -0.05) is 23.9 Å². The minimum absolute atomic E-state index is 0.105. The zero-order valence-corrected chi connectivity index (χ0v) is 13.1. The normalized spacial score (nSPS) is 10.3. The zero-order chi connectivity index (χ0) is 15.9. The Morgan fingerprint density at radius 1 is 1.36 bits per heavy atom. The number of nitrogens with one attached hydrogen (secondary N) is 2. The summed E-state index contributed by atoms with van der Waals surface area (Å²) in [5, 5.41) is 10.6. The van der Waals surface area contributed by atoms with Gasteiger partial charge in [0.1, 0.15) is 11.4 Å². The van der Waals surface area contributed by atoms with Crippen molar-refractivity contribution in [3.63, 3.8) is 0 Å². The molecule has 0 saturated heterocycles. The summed E-state index contributed by atoms with van der Waals surface area (Å²) in [4.78, 5) is 25.9. The Balaban J connectivity index is 1.95. The van der Waals surface area contributed by atoms with E-state index < -0.39 is 0 Å². The number of rotatable bonds is 6. The minimum Gasteiger partial charge on any atom is -0.492 e. The fourth-order valence-corrected chi connectivity index (χ4v) is 2.22. The van der Waals surface area contributed by atoms with Crippen molar-refractivity contribution >= 4 is 23.4 Å². The number of aryl methyl sites for hydroxylation is 1. The minimum atomic E-state index is -0.306. The number of para-hydroxylation sites is 2. The van der Waals surface area contributed by atoms with Gasteiger partial charge >= 0.3 is 0 Å². The quantitative estimate of drug-likeness (QED) is 0.785. The molecule has 0 spiro atoms. The Morgan fingerprint density at radius 2 is 2.14 bits per heavy atom. The van der Waals surface area contributed by atoms with Gasteiger partial charge in [0.05, 0.1) is 18.0 Å². The molecule has 2 rings (SSSR count). The van der Waals surface area contributed by atoms with Crippen molar-refractivity contribution in [3.8, 4) is 5.75 Å². The Hall–Kier alpha value is -2.35. The monoisotopic (exact) mass is 320 g/mol. The van der Waals surface area contributed by atoms with Crippen LogP contribution in [0.2, 0.25) is 0 Å². The number of benzene rings is 1. The van der Waals surface area contributed by atoms with E-state index in [-0.39, 0.29) is 17.2 Å². The van der Waals surface area contributed by atoms with Gasteiger partial charge in [-0.25, -0.2) is 0 Å². The van der Waals surface area contributed by atoms with Gasteiger partial charge < -0.3 is 10.1 Å². The number of amides is 1. The molecule has 0 radical (unpaired) electrons. The number of carbonyl (C=O) groups is 1. The van der Waals surface area contributed by atoms with Crippen LogP contribution in [0.1, 0.15) is 12.6 Å². The largest absolute Gasteiger partial charge is 0.492 e. The summed E-state index contributed by atoms with van der Waals surface area (Å²) in [6.45, 7) is 3.96. The molecule has 8 heteroatoms. The second-order valence-electron chi connectivity index (χ2n) is 4.31. The predicted octanol–water partition coefficient (Wildman–Crippen LogP) is 1.60. The van der Waals surface area contributed by atoms with E-state index in [9.17, 15) is 9.59 Å². The standard InChI is InChI=1S/C14H16N4O3S/c1-3-21-11-7-5-4-6-10(11)15-12(19)8-22-14-16-13(20)9(2)17-18-14/h4-7H,3,8H2,1-2H3,(H,15,19)(H,16,18,20). The number of ether oxygens (including phenoxy) is 1. The second kappa shape index (κ2) is 7.60. The molecule has 0 unspecified atom stereocenters. The van der Waals surface area contributed by atoms with Crippen molar-refractivity contribution in [1.29, 1.82) is 0 Å². The van der Waals surface area contributed by atoms with Crippen LogP contribution in [0.15, 0.2) is 34.2 Å². The van der Waals surface area contributed by atoms with E-state index in [1.807, 2.05) is 19.1 Å². The highest BCUT2D eigenvalue weighted by molar-refractivity contribution is 7.99. The van der Waals surface area contributed by atoms with Crippen molar-refractivity contribution < 1.29 is 9.53 Å². The summed E-state index contributed by atoms with van der Waals surface area (Å²) in [5.74, 6) is 0.501. The molecule has 2 N–H and O–H groups in total. The Bertz CT molecular complexity index is 717. The van der Waals surface area contributed by atoms with Crippen molar-refractivity contribution in [1.82, 2.24) is 15.2 Å². The van der Waals surface area contributed by atoms with Crippen LogP contribution in [0.5, 0.6) is 5.75 Å². The Morgan fingerprint density at radius 3 is 2.86 bits per heavy atom. The van der Waals surface area contributed by atoms with E-state index in [0.29, 0.717) is 28.9 Å². The third-order valence-electron chi connectivity index (χ3n) is 2.64. The van der Waals surface area contributed by atoms with Crippen LogP contribution in [0, 0.1) is 6.92 Å². The topological polar surface area (TPSA) is 97.0 Å². The first-order valence-corrected chi connectivity index (χ1v) is 7.66. The number of nitrogens with zero attached hydrogens (tertiary/aromatic N) is 2. The number of hydrogen-bond donors (Lipinski definition) is 2. The number of hydrogen-bond acceptors (Lipinski definition) is 6. The first-order chi connectivity index (χ1) is 10.6. The molecule has 116 valence electrons. The molecule has 0 atom stereocenters. The van der Waals surface area contributed by atoms with E-state index in [2.05, 4.69) is 20.5 Å². The molecule has 1 aromatic carbocycles. The summed E-state index contributed by atoms with van der Waals surface area (Å²) in [5.41, 5.74) is 0.595. The molecule has 7 nitrogen and oxygen atoms in total. The lowest BCUT2D eigenvalue weighted by Gasteiger charge is -2.10. The van der Waals surface area contributed by atoms with Crippen molar-refractivity contribution in [3.05, 3.63) is 40.3 Å². The smallest absolute Gasteiger partial charge is 0.273 e. The van der Waals surface area contributed by atoms with Crippen LogP contribution in [-0.2, 0) is 4.79 Å². The second-order valence-corrected chi connectivity index (χ2v) is 5.27. The Labute approximate surface area is 131 Å². The van der Waals surface area contributed by atoms with Gasteiger partial charge in [-0.05, 0) is 26.0 Å². The van der Waals surface area contributed by atoms with Gasteiger partial charge in [0, 0.05) is 0 Å². The molecule has 0 saturated carbocycles. The number of thioether (sulfide) groups is 1. The number of aromatic amines is 1. The van der Waals surface area contributed by atoms with Crippen LogP contribution in [0.3, 0.4) is 0 Å². The van der Waals surface area contributed by atoms with E-state index in [0.717, 1.165) is 11.8 Å². The lowest BCUT2D eigenvalue weighted by Crippen LogP contribution is -2.17. The molecule has 0 aliphatic carbocycles. The first kappa shape index (κ1) is 16.0. The molecule has 0 fully saturated rings. The van der Waals surface area contributed by atoms with E-state index in [1.165, 1.54) is 0 Å². The van der Waals surface area contributed by atoms with Crippen LogP contribution in [0.4, 0.5) is 5.69 Å². The average molecular weight is 320 g/mol. The average Bonchev–Trinajstić information content (AvgIpc) is 2.51. The number of carbonyl (C=O) groups excluding carboxylic acids is 1. The lowest BCUT2D eigenvalue weighted by molar-refractivity contribution is -0.113. The van der Waals surface area contributed by atoms with E-state index in [1.54, 1.807) is 19.1 Å². The zero-order valence-electron chi connectivity index (χ0n) is 12.3. The molecule has 1 heterocycles. The van der Waals surface area contributed by atoms with Crippen LogP contribution in [0.25, 0.3) is 0 Å². The third-order valence-corrected chi connectivity index (χ3v) is 3.50. The van der Waals surface area contributed by atoms with E-state index in [4.69, 9.17) is 4.74 Å². The molecular weight excluding hydrogens is 304 g/mol.